The van der Waals surface area contributed by atoms with Crippen molar-refractivity contribution in [1.29, 1.82) is 0 Å². The number of rotatable bonds is 8. The van der Waals surface area contributed by atoms with Crippen molar-refractivity contribution < 1.29 is 9.59 Å². The minimum atomic E-state index is -0.159. The van der Waals surface area contributed by atoms with Gasteiger partial charge in [0.25, 0.3) is 5.91 Å². The minimum absolute atomic E-state index is 0.0787. The van der Waals surface area contributed by atoms with Crippen LogP contribution in [0.5, 0.6) is 0 Å². The number of ketones is 1. The number of Topliss-reactive ketones (excluding diaryl/α,β-unsaturated/α-hetero) is 1. The molecule has 0 spiro atoms. The van der Waals surface area contributed by atoms with E-state index in [1.54, 1.807) is 0 Å². The Morgan fingerprint density at radius 3 is 1.75 bits per heavy atom. The molecule has 0 radical (unpaired) electrons. The summed E-state index contributed by atoms with van der Waals surface area (Å²) in [5, 5.41) is 2.94. The van der Waals surface area contributed by atoms with E-state index < -0.39 is 0 Å². The van der Waals surface area contributed by atoms with Crippen LogP contribution in [-0.2, 0) is 6.42 Å². The quantitative estimate of drug-likeness (QED) is 0.226. The Morgan fingerprint density at radius 1 is 0.594 bits per heavy atom. The molecule has 1 N–H and O–H groups in total. The standard InChI is InChI=1S/C27H21NO2S2/c29-24(19-20-11-3-1-4-12-20)22-15-7-9-17-25(22)31-32-26-18-10-8-16-23(26)27(30)28-21-13-5-2-6-14-21/h1-18H,19H2,(H,28,30). The van der Waals surface area contributed by atoms with Crippen molar-refractivity contribution in [2.45, 2.75) is 16.2 Å². The van der Waals surface area contributed by atoms with Crippen molar-refractivity contribution in [3.63, 3.8) is 0 Å². The summed E-state index contributed by atoms with van der Waals surface area (Å²) < 4.78 is 0. The van der Waals surface area contributed by atoms with Crippen molar-refractivity contribution in [1.82, 2.24) is 0 Å². The van der Waals surface area contributed by atoms with E-state index >= 15 is 0 Å². The first-order chi connectivity index (χ1) is 15.7. The number of carbonyl (C=O) groups is 2. The largest absolute Gasteiger partial charge is 0.322 e. The van der Waals surface area contributed by atoms with Gasteiger partial charge in [0.05, 0.1) is 5.56 Å². The van der Waals surface area contributed by atoms with E-state index in [9.17, 15) is 9.59 Å². The highest BCUT2D eigenvalue weighted by Crippen LogP contribution is 2.40. The smallest absolute Gasteiger partial charge is 0.256 e. The van der Waals surface area contributed by atoms with Crippen LogP contribution >= 0.6 is 21.6 Å². The highest BCUT2D eigenvalue weighted by molar-refractivity contribution is 8.76. The average Bonchev–Trinajstić information content (AvgIpc) is 2.84. The van der Waals surface area contributed by atoms with Gasteiger partial charge >= 0.3 is 0 Å². The normalized spacial score (nSPS) is 10.5. The molecular formula is C27H21NO2S2. The predicted molar refractivity (Wildman–Crippen MR) is 133 cm³/mol. The summed E-state index contributed by atoms with van der Waals surface area (Å²) in [5.41, 5.74) is 3.04. The van der Waals surface area contributed by atoms with E-state index in [-0.39, 0.29) is 11.7 Å². The summed E-state index contributed by atoms with van der Waals surface area (Å²) in [7, 11) is 2.97. The first-order valence-corrected chi connectivity index (χ1v) is 12.3. The fourth-order valence-corrected chi connectivity index (χ4v) is 5.56. The Kier molecular flexibility index (Phi) is 7.43. The Bertz CT molecular complexity index is 1110. The highest BCUT2D eigenvalue weighted by Gasteiger charge is 2.15. The fourth-order valence-electron chi connectivity index (χ4n) is 3.18. The van der Waals surface area contributed by atoms with Gasteiger partial charge < -0.3 is 5.32 Å². The maximum atomic E-state index is 12.9. The van der Waals surface area contributed by atoms with Crippen LogP contribution in [-0.4, -0.2) is 11.7 Å². The molecule has 0 heterocycles. The predicted octanol–water partition coefficient (Wildman–Crippen LogP) is 7.16. The molecule has 0 aliphatic heterocycles. The second-order valence-electron chi connectivity index (χ2n) is 7.06. The van der Waals surface area contributed by atoms with Gasteiger partial charge in [-0.3, -0.25) is 9.59 Å². The van der Waals surface area contributed by atoms with Gasteiger partial charge in [0, 0.05) is 27.5 Å². The zero-order chi connectivity index (χ0) is 22.2. The minimum Gasteiger partial charge on any atom is -0.322 e. The molecule has 0 fully saturated rings. The summed E-state index contributed by atoms with van der Waals surface area (Å²) in [5.74, 6) is -0.0802. The summed E-state index contributed by atoms with van der Waals surface area (Å²) in [4.78, 5) is 27.5. The van der Waals surface area contributed by atoms with E-state index in [1.165, 1.54) is 21.6 Å². The van der Waals surface area contributed by atoms with Gasteiger partial charge in [0.2, 0.25) is 0 Å². The van der Waals surface area contributed by atoms with Crippen molar-refractivity contribution in [3.8, 4) is 0 Å². The molecule has 158 valence electrons. The zero-order valence-corrected chi connectivity index (χ0v) is 18.9. The van der Waals surface area contributed by atoms with E-state index in [0.717, 1.165) is 21.0 Å². The molecule has 0 bridgehead atoms. The van der Waals surface area contributed by atoms with Gasteiger partial charge in [-0.2, -0.15) is 0 Å². The monoisotopic (exact) mass is 455 g/mol. The molecule has 0 aromatic heterocycles. The maximum Gasteiger partial charge on any atom is 0.256 e. The van der Waals surface area contributed by atoms with Gasteiger partial charge in [-0.25, -0.2) is 0 Å². The molecule has 1 amide bonds. The lowest BCUT2D eigenvalue weighted by molar-refractivity contribution is 0.0988. The summed E-state index contributed by atoms with van der Waals surface area (Å²) in [6, 6.07) is 34.3. The Morgan fingerprint density at radius 2 is 1.09 bits per heavy atom. The SMILES string of the molecule is O=C(Cc1ccccc1)c1ccccc1SSc1ccccc1C(=O)Nc1ccccc1. The summed E-state index contributed by atoms with van der Waals surface area (Å²) in [6.07, 6.45) is 0.360. The van der Waals surface area contributed by atoms with Crippen LogP contribution in [0.25, 0.3) is 0 Å². The molecule has 32 heavy (non-hydrogen) atoms. The molecule has 0 saturated carbocycles. The van der Waals surface area contributed by atoms with Gasteiger partial charge in [-0.1, -0.05) is 100 Å². The molecule has 4 rings (SSSR count). The lowest BCUT2D eigenvalue weighted by Gasteiger charge is -2.11. The number of benzene rings is 4. The number of anilines is 1. The van der Waals surface area contributed by atoms with Crippen LogP contribution in [0.3, 0.4) is 0 Å². The number of amides is 1. The van der Waals surface area contributed by atoms with Crippen molar-refractivity contribution >= 4 is 39.0 Å². The van der Waals surface area contributed by atoms with Crippen LogP contribution in [0.4, 0.5) is 5.69 Å². The molecule has 5 heteroatoms. The first kappa shape index (κ1) is 21.9. The van der Waals surface area contributed by atoms with Crippen LogP contribution in [0, 0.1) is 0 Å². The van der Waals surface area contributed by atoms with Crippen molar-refractivity contribution in [2.75, 3.05) is 5.32 Å². The molecule has 4 aromatic rings. The lowest BCUT2D eigenvalue weighted by atomic mass is 10.0. The fraction of sp³-hybridized carbons (Fsp3) is 0.0370. The summed E-state index contributed by atoms with van der Waals surface area (Å²) in [6.45, 7) is 0. The number of hydrogen-bond acceptors (Lipinski definition) is 4. The van der Waals surface area contributed by atoms with Crippen molar-refractivity contribution in [2.24, 2.45) is 0 Å². The lowest BCUT2D eigenvalue weighted by Crippen LogP contribution is -2.12. The average molecular weight is 456 g/mol. The number of carbonyl (C=O) groups excluding carboxylic acids is 2. The highest BCUT2D eigenvalue weighted by atomic mass is 33.1. The molecular weight excluding hydrogens is 434 g/mol. The van der Waals surface area contributed by atoms with Crippen LogP contribution in [0.15, 0.2) is 119 Å². The van der Waals surface area contributed by atoms with E-state index in [0.29, 0.717) is 17.5 Å². The van der Waals surface area contributed by atoms with E-state index in [2.05, 4.69) is 5.32 Å². The van der Waals surface area contributed by atoms with Crippen LogP contribution in [0.1, 0.15) is 26.3 Å². The Labute approximate surface area is 195 Å². The van der Waals surface area contributed by atoms with Crippen LogP contribution < -0.4 is 5.32 Å². The van der Waals surface area contributed by atoms with Gasteiger partial charge in [0.1, 0.15) is 0 Å². The topological polar surface area (TPSA) is 46.2 Å². The molecule has 0 unspecified atom stereocenters. The van der Waals surface area contributed by atoms with E-state index in [1.807, 2.05) is 109 Å². The molecule has 3 nitrogen and oxygen atoms in total. The molecule has 4 aromatic carbocycles. The molecule has 0 aliphatic carbocycles. The van der Waals surface area contributed by atoms with Crippen molar-refractivity contribution in [3.05, 3.63) is 126 Å². The second-order valence-corrected chi connectivity index (χ2v) is 9.28. The van der Waals surface area contributed by atoms with Crippen LogP contribution in [0.2, 0.25) is 0 Å². The Hall–Kier alpha value is -3.28. The first-order valence-electron chi connectivity index (χ1n) is 10.2. The summed E-state index contributed by atoms with van der Waals surface area (Å²) >= 11 is 0. The molecule has 0 saturated heterocycles. The number of hydrogen-bond donors (Lipinski definition) is 1. The number of para-hydroxylation sites is 1. The third-order valence-electron chi connectivity index (χ3n) is 4.78. The Balaban J connectivity index is 1.49. The third kappa shape index (κ3) is 5.69. The molecule has 0 atom stereocenters. The zero-order valence-electron chi connectivity index (χ0n) is 17.2. The second kappa shape index (κ2) is 10.8. The van der Waals surface area contributed by atoms with E-state index in [4.69, 9.17) is 0 Å². The van der Waals surface area contributed by atoms with Gasteiger partial charge in [0.15, 0.2) is 5.78 Å². The van der Waals surface area contributed by atoms with Gasteiger partial charge in [-0.05, 0) is 35.9 Å². The van der Waals surface area contributed by atoms with Gasteiger partial charge in [-0.15, -0.1) is 0 Å². The maximum absolute atomic E-state index is 12.9. The number of nitrogens with one attached hydrogen (secondary N) is 1. The third-order valence-corrected chi connectivity index (χ3v) is 7.26. The molecule has 0 aliphatic rings.